The molecule has 0 aliphatic rings. The van der Waals surface area contributed by atoms with Gasteiger partial charge in [-0.25, -0.2) is 0 Å². The van der Waals surface area contributed by atoms with Crippen molar-refractivity contribution >= 4 is 27.3 Å². The number of halogens is 1. The number of anilines is 1. The molecular weight excluding hydrogens is 332 g/mol. The van der Waals surface area contributed by atoms with E-state index in [4.69, 9.17) is 0 Å². The van der Waals surface area contributed by atoms with Gasteiger partial charge in [-0.05, 0) is 35.7 Å². The Bertz CT molecular complexity index is 627. The molecule has 0 spiro atoms. The molecule has 0 atom stereocenters. The molecule has 0 aromatic heterocycles. The maximum absolute atomic E-state index is 10.8. The lowest BCUT2D eigenvalue weighted by Gasteiger charge is -2.08. The molecule has 0 heterocycles. The number of nitrogens with zero attached hydrogens (tertiary/aromatic N) is 1. The number of non-ortho nitro benzene ring substituents is 1. The van der Waals surface area contributed by atoms with Gasteiger partial charge in [0.05, 0.1) is 4.92 Å². The lowest BCUT2D eigenvalue weighted by Crippen LogP contribution is -2.00. The Morgan fingerprint density at radius 2 is 1.86 bits per heavy atom. The molecule has 0 unspecified atom stereocenters. The van der Waals surface area contributed by atoms with E-state index in [0.717, 1.165) is 24.1 Å². The molecule has 5 heteroatoms. The van der Waals surface area contributed by atoms with Gasteiger partial charge in [-0.1, -0.05) is 41.4 Å². The summed E-state index contributed by atoms with van der Waals surface area (Å²) in [4.78, 5) is 10.5. The zero-order valence-corrected chi connectivity index (χ0v) is 13.4. The minimum atomic E-state index is -0.381. The summed E-state index contributed by atoms with van der Waals surface area (Å²) in [5.41, 5.74) is 3.30. The van der Waals surface area contributed by atoms with Crippen molar-refractivity contribution in [3.63, 3.8) is 0 Å². The van der Waals surface area contributed by atoms with E-state index in [1.54, 1.807) is 6.07 Å². The van der Waals surface area contributed by atoms with Crippen molar-refractivity contribution in [2.75, 3.05) is 5.32 Å². The Morgan fingerprint density at radius 3 is 2.48 bits per heavy atom. The van der Waals surface area contributed by atoms with Crippen LogP contribution >= 0.6 is 15.9 Å². The van der Waals surface area contributed by atoms with Crippen LogP contribution in [-0.2, 0) is 13.0 Å². The van der Waals surface area contributed by atoms with E-state index in [-0.39, 0.29) is 10.6 Å². The molecule has 0 bridgehead atoms. The summed E-state index contributed by atoms with van der Waals surface area (Å²) >= 11 is 3.30. The van der Waals surface area contributed by atoms with Crippen LogP contribution in [0.3, 0.4) is 0 Å². The second-order valence-electron chi connectivity index (χ2n) is 4.88. The fraction of sp³-hybridized carbons (Fsp3) is 0.250. The second-order valence-corrected chi connectivity index (χ2v) is 5.79. The molecule has 0 saturated carbocycles. The van der Waals surface area contributed by atoms with Gasteiger partial charge in [0.2, 0.25) is 0 Å². The highest BCUT2D eigenvalue weighted by Gasteiger charge is 2.08. The molecule has 110 valence electrons. The molecule has 21 heavy (non-hydrogen) atoms. The molecule has 0 aliphatic heterocycles. The van der Waals surface area contributed by atoms with E-state index in [9.17, 15) is 10.1 Å². The van der Waals surface area contributed by atoms with E-state index in [1.807, 2.05) is 18.2 Å². The average Bonchev–Trinajstić information content (AvgIpc) is 2.46. The fourth-order valence-corrected chi connectivity index (χ4v) is 2.65. The normalized spacial score (nSPS) is 10.4. The smallest absolute Gasteiger partial charge is 0.270 e. The van der Waals surface area contributed by atoms with Crippen LogP contribution in [-0.4, -0.2) is 4.92 Å². The van der Waals surface area contributed by atoms with Crippen LogP contribution < -0.4 is 5.32 Å². The molecule has 0 fully saturated rings. The number of aryl methyl sites for hydroxylation is 1. The van der Waals surface area contributed by atoms with Crippen LogP contribution in [0.1, 0.15) is 24.5 Å². The van der Waals surface area contributed by atoms with Gasteiger partial charge < -0.3 is 5.32 Å². The Labute approximate surface area is 132 Å². The van der Waals surface area contributed by atoms with Crippen LogP contribution in [0.5, 0.6) is 0 Å². The van der Waals surface area contributed by atoms with Crippen LogP contribution in [0.15, 0.2) is 46.9 Å². The molecule has 0 aliphatic carbocycles. The number of nitro groups is 1. The third-order valence-corrected chi connectivity index (χ3v) is 3.60. The lowest BCUT2D eigenvalue weighted by molar-refractivity contribution is -0.385. The standard InChI is InChI=1S/C16H17BrN2O2/c1-2-3-12-4-6-15(7-5-12)18-11-13-8-14(17)10-16(9-13)19(20)21/h4-10,18H,2-3,11H2,1H3. The summed E-state index contributed by atoms with van der Waals surface area (Å²) in [5, 5.41) is 14.1. The number of nitro benzene ring substituents is 1. The lowest BCUT2D eigenvalue weighted by atomic mass is 10.1. The van der Waals surface area contributed by atoms with Crippen molar-refractivity contribution in [3.05, 3.63) is 68.2 Å². The number of benzene rings is 2. The van der Waals surface area contributed by atoms with Crippen molar-refractivity contribution in [1.29, 1.82) is 0 Å². The van der Waals surface area contributed by atoms with Gasteiger partial charge in [-0.15, -0.1) is 0 Å². The largest absolute Gasteiger partial charge is 0.381 e. The average molecular weight is 349 g/mol. The minimum Gasteiger partial charge on any atom is -0.381 e. The third kappa shape index (κ3) is 4.56. The SMILES string of the molecule is CCCc1ccc(NCc2cc(Br)cc([N+](=O)[O-])c2)cc1. The predicted octanol–water partition coefficient (Wildman–Crippen LogP) is 4.92. The summed E-state index contributed by atoms with van der Waals surface area (Å²) in [6.07, 6.45) is 2.21. The van der Waals surface area contributed by atoms with Gasteiger partial charge in [0.1, 0.15) is 0 Å². The number of nitrogens with one attached hydrogen (secondary N) is 1. The zero-order chi connectivity index (χ0) is 15.2. The molecule has 4 nitrogen and oxygen atoms in total. The first-order valence-corrected chi connectivity index (χ1v) is 7.64. The highest BCUT2D eigenvalue weighted by atomic mass is 79.9. The Hall–Kier alpha value is -1.88. The minimum absolute atomic E-state index is 0.0967. The maximum Gasteiger partial charge on any atom is 0.270 e. The van der Waals surface area contributed by atoms with Gasteiger partial charge in [0.25, 0.3) is 5.69 Å². The van der Waals surface area contributed by atoms with Crippen LogP contribution in [0, 0.1) is 10.1 Å². The fourth-order valence-electron chi connectivity index (χ4n) is 2.12. The van der Waals surface area contributed by atoms with Gasteiger partial charge >= 0.3 is 0 Å². The van der Waals surface area contributed by atoms with E-state index in [0.29, 0.717) is 11.0 Å². The van der Waals surface area contributed by atoms with Gasteiger partial charge in [0, 0.05) is 28.8 Å². The van der Waals surface area contributed by atoms with Crippen molar-refractivity contribution in [2.45, 2.75) is 26.3 Å². The first kappa shape index (κ1) is 15.5. The van der Waals surface area contributed by atoms with Crippen molar-refractivity contribution < 1.29 is 4.92 Å². The zero-order valence-electron chi connectivity index (χ0n) is 11.8. The Kier molecular flexibility index (Phi) is 5.33. The molecule has 0 saturated heterocycles. The molecule has 0 amide bonds. The van der Waals surface area contributed by atoms with E-state index >= 15 is 0 Å². The molecule has 2 aromatic rings. The summed E-state index contributed by atoms with van der Waals surface area (Å²) < 4.78 is 0.715. The Morgan fingerprint density at radius 1 is 1.14 bits per heavy atom. The molecule has 2 aromatic carbocycles. The number of hydrogen-bond acceptors (Lipinski definition) is 3. The number of rotatable bonds is 6. The van der Waals surface area contributed by atoms with E-state index in [2.05, 4.69) is 40.3 Å². The van der Waals surface area contributed by atoms with Crippen molar-refractivity contribution in [2.24, 2.45) is 0 Å². The van der Waals surface area contributed by atoms with Crippen LogP contribution in [0.4, 0.5) is 11.4 Å². The van der Waals surface area contributed by atoms with Gasteiger partial charge in [-0.2, -0.15) is 0 Å². The molecule has 2 rings (SSSR count). The predicted molar refractivity (Wildman–Crippen MR) is 88.6 cm³/mol. The maximum atomic E-state index is 10.8. The summed E-state index contributed by atoms with van der Waals surface area (Å²) in [6.45, 7) is 2.71. The Balaban J connectivity index is 2.04. The second kappa shape index (κ2) is 7.22. The summed E-state index contributed by atoms with van der Waals surface area (Å²) in [7, 11) is 0. The van der Waals surface area contributed by atoms with Crippen LogP contribution in [0.25, 0.3) is 0 Å². The topological polar surface area (TPSA) is 55.2 Å². The summed E-state index contributed by atoms with van der Waals surface area (Å²) in [5.74, 6) is 0. The highest BCUT2D eigenvalue weighted by molar-refractivity contribution is 9.10. The quantitative estimate of drug-likeness (QED) is 0.595. The first-order valence-electron chi connectivity index (χ1n) is 6.85. The van der Waals surface area contributed by atoms with Gasteiger partial charge in [-0.3, -0.25) is 10.1 Å². The van der Waals surface area contributed by atoms with Gasteiger partial charge in [0.15, 0.2) is 0 Å². The van der Waals surface area contributed by atoms with Crippen molar-refractivity contribution in [1.82, 2.24) is 0 Å². The van der Waals surface area contributed by atoms with Crippen molar-refractivity contribution in [3.8, 4) is 0 Å². The monoisotopic (exact) mass is 348 g/mol. The third-order valence-electron chi connectivity index (χ3n) is 3.14. The van der Waals surface area contributed by atoms with E-state index in [1.165, 1.54) is 11.6 Å². The summed E-state index contributed by atoms with van der Waals surface area (Å²) in [6, 6.07) is 13.3. The first-order chi connectivity index (χ1) is 10.1. The highest BCUT2D eigenvalue weighted by Crippen LogP contribution is 2.22. The molecule has 0 radical (unpaired) electrons. The molecular formula is C16H17BrN2O2. The molecule has 1 N–H and O–H groups in total. The number of hydrogen-bond donors (Lipinski definition) is 1. The van der Waals surface area contributed by atoms with E-state index < -0.39 is 0 Å². The van der Waals surface area contributed by atoms with Crippen LogP contribution in [0.2, 0.25) is 0 Å².